The highest BCUT2D eigenvalue weighted by Crippen LogP contribution is 2.40. The molecule has 1 N–H and O–H groups in total. The number of likely N-dealkylation sites (tertiary alicyclic amines) is 1. The van der Waals surface area contributed by atoms with Crippen molar-refractivity contribution in [2.24, 2.45) is 0 Å². The van der Waals surface area contributed by atoms with Crippen molar-refractivity contribution >= 4 is 23.1 Å². The Morgan fingerprint density at radius 1 is 1.26 bits per heavy atom. The minimum atomic E-state index is 0.524. The lowest BCUT2D eigenvalue weighted by Gasteiger charge is -2.32. The molecule has 7 heteroatoms. The van der Waals surface area contributed by atoms with Crippen molar-refractivity contribution in [1.82, 2.24) is 24.7 Å². The van der Waals surface area contributed by atoms with Gasteiger partial charge in [0.25, 0.3) is 0 Å². The van der Waals surface area contributed by atoms with Crippen LogP contribution in [0.25, 0.3) is 5.65 Å². The summed E-state index contributed by atoms with van der Waals surface area (Å²) in [6.07, 6.45) is 8.78. The molecule has 23 heavy (non-hydrogen) atoms. The van der Waals surface area contributed by atoms with Crippen molar-refractivity contribution in [3.63, 3.8) is 0 Å². The van der Waals surface area contributed by atoms with Crippen LogP contribution in [0.1, 0.15) is 37.3 Å². The van der Waals surface area contributed by atoms with Gasteiger partial charge in [-0.25, -0.2) is 0 Å². The highest BCUT2D eigenvalue weighted by Gasteiger charge is 2.27. The van der Waals surface area contributed by atoms with Crippen LogP contribution in [-0.2, 0) is 0 Å². The number of nitrogens with zero attached hydrogens (tertiary/aromatic N) is 5. The molecule has 0 atom stereocenters. The molecular weight excluding hydrogens is 308 g/mol. The quantitative estimate of drug-likeness (QED) is 0.875. The number of aromatic nitrogens is 4. The summed E-state index contributed by atoms with van der Waals surface area (Å²) in [5.74, 6) is 1.86. The standard InChI is InChI=1S/C16H24N6S/c1-23-9-8-21-6-4-13(5-7-21)18-15-10-14(12-2-3-12)20-22-11-17-19-16(15)22/h10-13,18H,2-9H2,1H3. The summed E-state index contributed by atoms with van der Waals surface area (Å²) < 4.78 is 1.82. The van der Waals surface area contributed by atoms with Crippen molar-refractivity contribution in [3.05, 3.63) is 18.1 Å². The van der Waals surface area contributed by atoms with E-state index in [-0.39, 0.29) is 0 Å². The maximum Gasteiger partial charge on any atom is 0.200 e. The van der Waals surface area contributed by atoms with Crippen molar-refractivity contribution < 1.29 is 0 Å². The van der Waals surface area contributed by atoms with E-state index in [1.807, 2.05) is 16.3 Å². The molecule has 1 aliphatic heterocycles. The summed E-state index contributed by atoms with van der Waals surface area (Å²) in [7, 11) is 0. The predicted molar refractivity (Wildman–Crippen MR) is 94.2 cm³/mol. The maximum absolute atomic E-state index is 4.64. The van der Waals surface area contributed by atoms with E-state index < -0.39 is 0 Å². The molecule has 124 valence electrons. The Morgan fingerprint density at radius 2 is 2.09 bits per heavy atom. The molecule has 3 heterocycles. The second kappa shape index (κ2) is 6.65. The summed E-state index contributed by atoms with van der Waals surface area (Å²) >= 11 is 1.93. The van der Waals surface area contributed by atoms with Crippen LogP contribution in [0.15, 0.2) is 12.4 Å². The second-order valence-corrected chi connectivity index (χ2v) is 7.59. The number of piperidine rings is 1. The van der Waals surface area contributed by atoms with Gasteiger partial charge in [-0.3, -0.25) is 0 Å². The Kier molecular flexibility index (Phi) is 4.39. The molecule has 1 aliphatic carbocycles. The average Bonchev–Trinajstić information content (AvgIpc) is 3.32. The van der Waals surface area contributed by atoms with Crippen molar-refractivity contribution in [2.75, 3.05) is 37.0 Å². The van der Waals surface area contributed by atoms with Gasteiger partial charge in [-0.1, -0.05) is 0 Å². The SMILES string of the molecule is CSCCN1CCC(Nc2cc(C3CC3)nn3cnnc23)CC1. The lowest BCUT2D eigenvalue weighted by Crippen LogP contribution is -2.40. The summed E-state index contributed by atoms with van der Waals surface area (Å²) in [4.78, 5) is 2.57. The minimum Gasteiger partial charge on any atom is -0.379 e. The lowest BCUT2D eigenvalue weighted by atomic mass is 10.0. The molecule has 2 aromatic rings. The first-order valence-corrected chi connectivity index (χ1v) is 9.91. The molecular formula is C16H24N6S. The van der Waals surface area contributed by atoms with E-state index in [4.69, 9.17) is 0 Å². The molecule has 6 nitrogen and oxygen atoms in total. The van der Waals surface area contributed by atoms with Gasteiger partial charge in [0.15, 0.2) is 0 Å². The number of hydrogen-bond acceptors (Lipinski definition) is 6. The van der Waals surface area contributed by atoms with Gasteiger partial charge in [0.1, 0.15) is 6.33 Å². The summed E-state index contributed by atoms with van der Waals surface area (Å²) in [6.45, 7) is 3.58. The maximum atomic E-state index is 4.64. The third-order valence-corrected chi connectivity index (χ3v) is 5.43. The molecule has 0 spiro atoms. The highest BCUT2D eigenvalue weighted by molar-refractivity contribution is 7.98. The number of thioether (sulfide) groups is 1. The summed E-state index contributed by atoms with van der Waals surface area (Å²) in [6, 6.07) is 2.72. The van der Waals surface area contributed by atoms with Gasteiger partial charge < -0.3 is 10.2 Å². The van der Waals surface area contributed by atoms with Crippen molar-refractivity contribution in [1.29, 1.82) is 0 Å². The molecule has 0 radical (unpaired) electrons. The zero-order valence-corrected chi connectivity index (χ0v) is 14.4. The van der Waals surface area contributed by atoms with Crippen LogP contribution in [0.2, 0.25) is 0 Å². The van der Waals surface area contributed by atoms with Gasteiger partial charge in [-0.2, -0.15) is 21.4 Å². The van der Waals surface area contributed by atoms with Crippen LogP contribution >= 0.6 is 11.8 Å². The first-order valence-electron chi connectivity index (χ1n) is 8.52. The Balaban J connectivity index is 1.44. The Morgan fingerprint density at radius 3 is 2.83 bits per heavy atom. The van der Waals surface area contributed by atoms with Crippen LogP contribution < -0.4 is 5.32 Å². The topological polar surface area (TPSA) is 58.4 Å². The van der Waals surface area contributed by atoms with Crippen LogP contribution in [-0.4, -0.2) is 62.4 Å². The van der Waals surface area contributed by atoms with Gasteiger partial charge in [-0.15, -0.1) is 10.2 Å². The molecule has 0 bridgehead atoms. The molecule has 2 fully saturated rings. The zero-order valence-electron chi connectivity index (χ0n) is 13.6. The lowest BCUT2D eigenvalue weighted by molar-refractivity contribution is 0.231. The largest absolute Gasteiger partial charge is 0.379 e. The average molecular weight is 332 g/mol. The molecule has 4 rings (SSSR count). The predicted octanol–water partition coefficient (Wildman–Crippen LogP) is 2.24. The van der Waals surface area contributed by atoms with Crippen LogP contribution in [0.3, 0.4) is 0 Å². The van der Waals surface area contributed by atoms with Gasteiger partial charge in [0, 0.05) is 37.3 Å². The molecule has 0 aromatic carbocycles. The zero-order chi connectivity index (χ0) is 15.6. The number of hydrogen-bond donors (Lipinski definition) is 1. The van der Waals surface area contributed by atoms with E-state index in [0.29, 0.717) is 12.0 Å². The Labute approximate surface area is 141 Å². The fourth-order valence-corrected chi connectivity index (χ4v) is 3.71. The van der Waals surface area contributed by atoms with Crippen LogP contribution in [0.4, 0.5) is 5.69 Å². The summed E-state index contributed by atoms with van der Waals surface area (Å²) in [5.41, 5.74) is 3.12. The third kappa shape index (κ3) is 3.45. The second-order valence-electron chi connectivity index (χ2n) is 6.61. The number of anilines is 1. The van der Waals surface area contributed by atoms with E-state index in [2.05, 4.69) is 37.8 Å². The van der Waals surface area contributed by atoms with Gasteiger partial charge in [0.05, 0.1) is 11.4 Å². The van der Waals surface area contributed by atoms with E-state index in [1.54, 1.807) is 6.33 Å². The van der Waals surface area contributed by atoms with Crippen molar-refractivity contribution in [3.8, 4) is 0 Å². The van der Waals surface area contributed by atoms with Crippen molar-refractivity contribution in [2.45, 2.75) is 37.6 Å². The number of nitrogens with one attached hydrogen (secondary N) is 1. The first kappa shape index (κ1) is 15.2. The molecule has 2 aromatic heterocycles. The molecule has 2 aliphatic rings. The fraction of sp³-hybridized carbons (Fsp3) is 0.688. The van der Waals surface area contributed by atoms with Gasteiger partial charge in [0.2, 0.25) is 5.65 Å². The van der Waals surface area contributed by atoms with Gasteiger partial charge in [-0.05, 0) is 38.0 Å². The monoisotopic (exact) mass is 332 g/mol. The first-order chi connectivity index (χ1) is 11.3. The molecule has 0 amide bonds. The van der Waals surface area contributed by atoms with E-state index in [0.717, 1.165) is 11.3 Å². The highest BCUT2D eigenvalue weighted by atomic mass is 32.2. The van der Waals surface area contributed by atoms with Crippen LogP contribution in [0, 0.1) is 0 Å². The Hall–Kier alpha value is -1.34. The third-order valence-electron chi connectivity index (χ3n) is 4.84. The van der Waals surface area contributed by atoms with E-state index in [9.17, 15) is 0 Å². The minimum absolute atomic E-state index is 0.524. The summed E-state index contributed by atoms with van der Waals surface area (Å²) in [5, 5.41) is 16.6. The normalized spacial score (nSPS) is 20.2. The molecule has 1 saturated heterocycles. The smallest absolute Gasteiger partial charge is 0.200 e. The molecule has 0 unspecified atom stereocenters. The van der Waals surface area contributed by atoms with E-state index >= 15 is 0 Å². The van der Waals surface area contributed by atoms with Gasteiger partial charge >= 0.3 is 0 Å². The Bertz CT molecular complexity index is 660. The number of fused-ring (bicyclic) bond motifs is 1. The van der Waals surface area contributed by atoms with Crippen LogP contribution in [0.5, 0.6) is 0 Å². The van der Waals surface area contributed by atoms with E-state index in [1.165, 1.54) is 56.8 Å². The number of rotatable bonds is 6. The fourth-order valence-electron chi connectivity index (χ4n) is 3.27. The molecule has 1 saturated carbocycles.